The standard InChI is InChI=1S/C29H34N4O2/c34-29(26-12-16-31(17-13-26)23-25-10-14-30-15-11-25)33-20-18-32(19-21-33)22-24-6-8-28(9-7-24)35-27-4-2-1-3-5-27/h1-11,14-15,26H,12-13,16-23H2. The van der Waals surface area contributed by atoms with Crippen molar-refractivity contribution in [1.82, 2.24) is 19.7 Å². The van der Waals surface area contributed by atoms with Crippen molar-refractivity contribution >= 4 is 5.91 Å². The third-order valence-electron chi connectivity index (χ3n) is 7.08. The predicted octanol–water partition coefficient (Wildman–Crippen LogP) is 4.43. The summed E-state index contributed by atoms with van der Waals surface area (Å²) in [5.41, 5.74) is 2.56. The average molecular weight is 471 g/mol. The Morgan fingerprint density at radius 2 is 1.29 bits per heavy atom. The minimum Gasteiger partial charge on any atom is -0.457 e. The van der Waals surface area contributed by atoms with E-state index in [1.807, 2.05) is 54.9 Å². The van der Waals surface area contributed by atoms with Crippen LogP contribution in [0.3, 0.4) is 0 Å². The van der Waals surface area contributed by atoms with E-state index in [9.17, 15) is 4.79 Å². The molecule has 2 aliphatic rings. The van der Waals surface area contributed by atoms with Gasteiger partial charge < -0.3 is 9.64 Å². The smallest absolute Gasteiger partial charge is 0.225 e. The van der Waals surface area contributed by atoms with E-state index in [-0.39, 0.29) is 5.92 Å². The van der Waals surface area contributed by atoms with E-state index >= 15 is 0 Å². The summed E-state index contributed by atoms with van der Waals surface area (Å²) in [7, 11) is 0. The number of aromatic nitrogens is 1. The molecule has 5 rings (SSSR count). The number of piperidine rings is 1. The van der Waals surface area contributed by atoms with E-state index in [0.717, 1.165) is 76.7 Å². The van der Waals surface area contributed by atoms with Crippen molar-refractivity contribution in [3.05, 3.63) is 90.3 Å². The van der Waals surface area contributed by atoms with Gasteiger partial charge in [-0.1, -0.05) is 30.3 Å². The number of ether oxygens (including phenoxy) is 1. The fourth-order valence-electron chi connectivity index (χ4n) is 5.01. The first-order chi connectivity index (χ1) is 17.2. The van der Waals surface area contributed by atoms with Gasteiger partial charge in [-0.25, -0.2) is 0 Å². The normalized spacial score (nSPS) is 17.9. The molecule has 0 atom stereocenters. The molecule has 1 aromatic heterocycles. The number of rotatable bonds is 7. The first-order valence-corrected chi connectivity index (χ1v) is 12.7. The molecule has 6 heteroatoms. The van der Waals surface area contributed by atoms with Crippen molar-refractivity contribution in [2.75, 3.05) is 39.3 Å². The molecule has 0 N–H and O–H groups in total. The van der Waals surface area contributed by atoms with E-state index in [2.05, 4.69) is 43.9 Å². The second-order valence-corrected chi connectivity index (χ2v) is 9.57. The van der Waals surface area contributed by atoms with Crippen LogP contribution in [0.2, 0.25) is 0 Å². The summed E-state index contributed by atoms with van der Waals surface area (Å²) in [6.45, 7) is 7.33. The number of hydrogen-bond donors (Lipinski definition) is 0. The van der Waals surface area contributed by atoms with E-state index < -0.39 is 0 Å². The Morgan fingerprint density at radius 3 is 1.94 bits per heavy atom. The summed E-state index contributed by atoms with van der Waals surface area (Å²) in [4.78, 5) is 24.2. The number of nitrogens with zero attached hydrogens (tertiary/aromatic N) is 4. The van der Waals surface area contributed by atoms with Gasteiger partial charge in [-0.2, -0.15) is 0 Å². The van der Waals surface area contributed by atoms with Crippen molar-refractivity contribution < 1.29 is 9.53 Å². The van der Waals surface area contributed by atoms with Crippen molar-refractivity contribution in [3.63, 3.8) is 0 Å². The van der Waals surface area contributed by atoms with Gasteiger partial charge in [-0.3, -0.25) is 19.6 Å². The predicted molar refractivity (Wildman–Crippen MR) is 137 cm³/mol. The molecule has 0 aliphatic carbocycles. The molecule has 0 bridgehead atoms. The number of likely N-dealkylation sites (tertiary alicyclic amines) is 1. The maximum absolute atomic E-state index is 13.1. The molecular formula is C29H34N4O2. The summed E-state index contributed by atoms with van der Waals surface area (Å²) < 4.78 is 5.89. The van der Waals surface area contributed by atoms with E-state index in [1.54, 1.807) is 0 Å². The molecule has 2 fully saturated rings. The zero-order chi connectivity index (χ0) is 23.9. The highest BCUT2D eigenvalue weighted by molar-refractivity contribution is 5.79. The van der Waals surface area contributed by atoms with Gasteiger partial charge in [-0.15, -0.1) is 0 Å². The highest BCUT2D eigenvalue weighted by Gasteiger charge is 2.30. The fourth-order valence-corrected chi connectivity index (χ4v) is 5.01. The number of pyridine rings is 1. The SMILES string of the molecule is O=C(C1CCN(Cc2ccncc2)CC1)N1CCN(Cc2ccc(Oc3ccccc3)cc2)CC1. The molecule has 1 amide bonds. The van der Waals surface area contributed by atoms with Crippen molar-refractivity contribution in [2.24, 2.45) is 5.92 Å². The molecule has 0 saturated carbocycles. The van der Waals surface area contributed by atoms with E-state index in [1.165, 1.54) is 11.1 Å². The number of piperazine rings is 1. The van der Waals surface area contributed by atoms with Crippen LogP contribution >= 0.6 is 0 Å². The number of para-hydroxylation sites is 1. The fraction of sp³-hybridized carbons (Fsp3) is 0.379. The highest BCUT2D eigenvalue weighted by Crippen LogP contribution is 2.24. The lowest BCUT2D eigenvalue weighted by Gasteiger charge is -2.38. The third-order valence-corrected chi connectivity index (χ3v) is 7.08. The van der Waals surface area contributed by atoms with Gasteiger partial charge in [0.1, 0.15) is 11.5 Å². The largest absolute Gasteiger partial charge is 0.457 e. The molecule has 3 heterocycles. The first kappa shape index (κ1) is 23.5. The Bertz CT molecular complexity index is 1060. The van der Waals surface area contributed by atoms with Gasteiger partial charge in [0.2, 0.25) is 5.91 Å². The quantitative estimate of drug-likeness (QED) is 0.511. The number of amides is 1. The third kappa shape index (κ3) is 6.47. The van der Waals surface area contributed by atoms with Crippen LogP contribution in [0.1, 0.15) is 24.0 Å². The Hall–Kier alpha value is -3.22. The van der Waals surface area contributed by atoms with Gasteiger partial charge in [0, 0.05) is 57.6 Å². The maximum Gasteiger partial charge on any atom is 0.225 e. The minimum atomic E-state index is 0.174. The lowest BCUT2D eigenvalue weighted by Crippen LogP contribution is -2.51. The van der Waals surface area contributed by atoms with Gasteiger partial charge in [-0.05, 0) is 73.5 Å². The van der Waals surface area contributed by atoms with Crippen LogP contribution in [0.4, 0.5) is 0 Å². The van der Waals surface area contributed by atoms with Crippen LogP contribution in [0.5, 0.6) is 11.5 Å². The molecule has 182 valence electrons. The molecule has 0 unspecified atom stereocenters. The second-order valence-electron chi connectivity index (χ2n) is 9.57. The molecule has 2 aliphatic heterocycles. The van der Waals surface area contributed by atoms with Gasteiger partial charge >= 0.3 is 0 Å². The number of carbonyl (C=O) groups is 1. The number of carbonyl (C=O) groups excluding carboxylic acids is 1. The van der Waals surface area contributed by atoms with Crippen LogP contribution < -0.4 is 4.74 Å². The number of hydrogen-bond acceptors (Lipinski definition) is 5. The first-order valence-electron chi connectivity index (χ1n) is 12.7. The molecule has 6 nitrogen and oxygen atoms in total. The Morgan fingerprint density at radius 1 is 0.714 bits per heavy atom. The summed E-state index contributed by atoms with van der Waals surface area (Å²) in [5, 5.41) is 0. The average Bonchev–Trinajstić information content (AvgIpc) is 2.91. The molecule has 2 saturated heterocycles. The van der Waals surface area contributed by atoms with Crippen LogP contribution in [-0.4, -0.2) is 64.9 Å². The van der Waals surface area contributed by atoms with Crippen molar-refractivity contribution in [2.45, 2.75) is 25.9 Å². The zero-order valence-corrected chi connectivity index (χ0v) is 20.3. The van der Waals surface area contributed by atoms with Gasteiger partial charge in [0.25, 0.3) is 0 Å². The molecule has 3 aromatic rings. The Labute approximate surface area is 208 Å². The Kier molecular flexibility index (Phi) is 7.71. The summed E-state index contributed by atoms with van der Waals surface area (Å²) in [6.07, 6.45) is 5.62. The Balaban J connectivity index is 1.04. The molecular weight excluding hydrogens is 436 g/mol. The van der Waals surface area contributed by atoms with Crippen LogP contribution in [0.25, 0.3) is 0 Å². The van der Waals surface area contributed by atoms with Crippen LogP contribution in [-0.2, 0) is 17.9 Å². The van der Waals surface area contributed by atoms with Crippen molar-refractivity contribution in [3.8, 4) is 11.5 Å². The van der Waals surface area contributed by atoms with E-state index in [4.69, 9.17) is 4.74 Å². The van der Waals surface area contributed by atoms with Crippen LogP contribution in [0, 0.1) is 5.92 Å². The lowest BCUT2D eigenvalue weighted by atomic mass is 9.94. The summed E-state index contributed by atoms with van der Waals surface area (Å²) in [6, 6.07) is 22.3. The topological polar surface area (TPSA) is 48.9 Å². The lowest BCUT2D eigenvalue weighted by molar-refractivity contribution is -0.139. The zero-order valence-electron chi connectivity index (χ0n) is 20.3. The highest BCUT2D eigenvalue weighted by atomic mass is 16.5. The molecule has 0 spiro atoms. The maximum atomic E-state index is 13.1. The number of benzene rings is 2. The second kappa shape index (κ2) is 11.5. The van der Waals surface area contributed by atoms with Gasteiger partial charge in [0.15, 0.2) is 0 Å². The van der Waals surface area contributed by atoms with Gasteiger partial charge in [0.05, 0.1) is 0 Å². The monoisotopic (exact) mass is 470 g/mol. The molecule has 0 radical (unpaired) electrons. The van der Waals surface area contributed by atoms with E-state index in [0.29, 0.717) is 5.91 Å². The van der Waals surface area contributed by atoms with Crippen LogP contribution in [0.15, 0.2) is 79.1 Å². The minimum absolute atomic E-state index is 0.174. The molecule has 35 heavy (non-hydrogen) atoms. The summed E-state index contributed by atoms with van der Waals surface area (Å²) in [5.74, 6) is 2.23. The van der Waals surface area contributed by atoms with Crippen molar-refractivity contribution in [1.29, 1.82) is 0 Å². The summed E-state index contributed by atoms with van der Waals surface area (Å²) >= 11 is 0. The molecule has 2 aromatic carbocycles.